The first-order chi connectivity index (χ1) is 10.1. The second-order valence-corrected chi connectivity index (χ2v) is 5.96. The quantitative estimate of drug-likeness (QED) is 0.659. The summed E-state index contributed by atoms with van der Waals surface area (Å²) in [6, 6.07) is 1.98. The first kappa shape index (κ1) is 14.1. The third-order valence-electron chi connectivity index (χ3n) is 4.21. The van der Waals surface area contributed by atoms with E-state index >= 15 is 0 Å². The maximum absolute atomic E-state index is 12.6. The Labute approximate surface area is 123 Å². The van der Waals surface area contributed by atoms with E-state index in [4.69, 9.17) is 0 Å². The number of carbonyl (C=O) groups is 1. The van der Waals surface area contributed by atoms with Crippen LogP contribution in [0, 0.1) is 10.1 Å². The van der Waals surface area contributed by atoms with Gasteiger partial charge in [0.15, 0.2) is 0 Å². The molecule has 1 unspecified atom stereocenters. The van der Waals surface area contributed by atoms with Crippen molar-refractivity contribution in [1.82, 2.24) is 14.8 Å². The molecule has 2 heterocycles. The number of rotatable bonds is 5. The number of carbonyl (C=O) groups excluding carboxylic acids is 1. The summed E-state index contributed by atoms with van der Waals surface area (Å²) in [5.41, 5.74) is 0.433. The van der Waals surface area contributed by atoms with E-state index in [9.17, 15) is 14.9 Å². The van der Waals surface area contributed by atoms with E-state index in [0.29, 0.717) is 18.3 Å². The summed E-state index contributed by atoms with van der Waals surface area (Å²) in [5.74, 6) is -0.135. The average Bonchev–Trinajstić information content (AvgIpc) is 3.00. The van der Waals surface area contributed by atoms with Crippen molar-refractivity contribution in [2.24, 2.45) is 0 Å². The molecule has 1 N–H and O–H groups in total. The summed E-state index contributed by atoms with van der Waals surface area (Å²) >= 11 is 0. The van der Waals surface area contributed by atoms with Gasteiger partial charge in [0.1, 0.15) is 5.69 Å². The lowest BCUT2D eigenvalue weighted by atomic mass is 10.2. The summed E-state index contributed by atoms with van der Waals surface area (Å²) in [4.78, 5) is 24.7. The zero-order valence-corrected chi connectivity index (χ0v) is 12.1. The number of nitrogens with one attached hydrogen (secondary N) is 1. The number of nitrogens with zero attached hydrogens (tertiary/aromatic N) is 3. The van der Waals surface area contributed by atoms with Crippen LogP contribution in [0.5, 0.6) is 0 Å². The molecular formula is C14H20N4O3. The van der Waals surface area contributed by atoms with Crippen LogP contribution in [-0.4, -0.2) is 46.5 Å². The Morgan fingerprint density at radius 2 is 2.29 bits per heavy atom. The molecule has 114 valence electrons. The lowest BCUT2D eigenvalue weighted by molar-refractivity contribution is -0.384. The molecule has 1 aromatic rings. The smallest absolute Gasteiger partial charge is 0.287 e. The van der Waals surface area contributed by atoms with E-state index in [1.165, 1.54) is 12.3 Å². The molecule has 21 heavy (non-hydrogen) atoms. The van der Waals surface area contributed by atoms with Crippen molar-refractivity contribution >= 4 is 11.6 Å². The number of aromatic nitrogens is 1. The second-order valence-electron chi connectivity index (χ2n) is 5.96. The number of hydrogen-bond acceptors (Lipinski definition) is 4. The Balaban J connectivity index is 1.77. The lowest BCUT2D eigenvalue weighted by Gasteiger charge is -2.22. The van der Waals surface area contributed by atoms with Crippen molar-refractivity contribution in [3.8, 4) is 0 Å². The number of hydrogen-bond donors (Lipinski definition) is 1. The highest BCUT2D eigenvalue weighted by atomic mass is 16.6. The van der Waals surface area contributed by atoms with Crippen molar-refractivity contribution in [3.05, 3.63) is 28.1 Å². The average molecular weight is 292 g/mol. The Bertz CT molecular complexity index is 559. The predicted molar refractivity (Wildman–Crippen MR) is 77.3 cm³/mol. The van der Waals surface area contributed by atoms with Crippen LogP contribution in [-0.2, 0) is 0 Å². The monoisotopic (exact) mass is 292 g/mol. The molecule has 1 saturated heterocycles. The Hall–Kier alpha value is -1.89. The summed E-state index contributed by atoms with van der Waals surface area (Å²) in [6.45, 7) is 1.64. The van der Waals surface area contributed by atoms with Crippen LogP contribution in [0.25, 0.3) is 0 Å². The molecule has 2 fully saturated rings. The van der Waals surface area contributed by atoms with Gasteiger partial charge in [-0.25, -0.2) is 0 Å². The molecule has 1 atom stereocenters. The van der Waals surface area contributed by atoms with E-state index in [1.807, 2.05) is 0 Å². The normalized spacial score (nSPS) is 21.5. The number of nitro groups is 1. The maximum Gasteiger partial charge on any atom is 0.287 e. The van der Waals surface area contributed by atoms with E-state index in [0.717, 1.165) is 32.2 Å². The molecule has 2 aliphatic rings. The first-order valence-electron chi connectivity index (χ1n) is 7.41. The summed E-state index contributed by atoms with van der Waals surface area (Å²) < 4.78 is 1.78. The minimum absolute atomic E-state index is 0.00218. The standard InChI is InChI=1S/C14H20N4O3/c1-16(8-10-3-2-6-15-10)14(19)13-7-12(18(20)21)9-17(13)11-4-5-11/h7,9-11,15H,2-6,8H2,1H3. The molecule has 7 heteroatoms. The maximum atomic E-state index is 12.6. The number of likely N-dealkylation sites (N-methyl/N-ethyl adjacent to an activating group) is 1. The first-order valence-corrected chi connectivity index (χ1v) is 7.41. The lowest BCUT2D eigenvalue weighted by Crippen LogP contribution is -2.39. The van der Waals surface area contributed by atoms with E-state index < -0.39 is 4.92 Å². The van der Waals surface area contributed by atoms with Gasteiger partial charge in [0.05, 0.1) is 11.1 Å². The summed E-state index contributed by atoms with van der Waals surface area (Å²) in [5, 5.41) is 14.3. The fourth-order valence-electron chi connectivity index (χ4n) is 2.91. The van der Waals surface area contributed by atoms with Crippen molar-refractivity contribution in [2.75, 3.05) is 20.1 Å². The minimum atomic E-state index is -0.436. The molecule has 1 saturated carbocycles. The summed E-state index contributed by atoms with van der Waals surface area (Å²) in [6.07, 6.45) is 5.67. The van der Waals surface area contributed by atoms with Crippen LogP contribution in [0.2, 0.25) is 0 Å². The highest BCUT2D eigenvalue weighted by Gasteiger charge is 2.31. The fourth-order valence-corrected chi connectivity index (χ4v) is 2.91. The van der Waals surface area contributed by atoms with Gasteiger partial charge in [-0.3, -0.25) is 14.9 Å². The SMILES string of the molecule is CN(CC1CCCN1)C(=O)c1cc([N+](=O)[O-])cn1C1CC1. The van der Waals surface area contributed by atoms with Gasteiger partial charge in [-0.1, -0.05) is 0 Å². The molecule has 0 spiro atoms. The molecule has 1 amide bonds. The van der Waals surface area contributed by atoms with E-state index in [-0.39, 0.29) is 17.6 Å². The van der Waals surface area contributed by atoms with Crippen molar-refractivity contribution < 1.29 is 9.72 Å². The van der Waals surface area contributed by atoms with Gasteiger partial charge in [0.2, 0.25) is 0 Å². The molecule has 0 aromatic carbocycles. The Morgan fingerprint density at radius 1 is 1.52 bits per heavy atom. The topological polar surface area (TPSA) is 80.4 Å². The molecule has 3 rings (SSSR count). The van der Waals surface area contributed by atoms with Gasteiger partial charge in [0.25, 0.3) is 11.6 Å². The van der Waals surface area contributed by atoms with Crippen molar-refractivity contribution in [3.63, 3.8) is 0 Å². The largest absolute Gasteiger partial charge is 0.339 e. The van der Waals surface area contributed by atoms with Crippen LogP contribution in [0.1, 0.15) is 42.2 Å². The molecule has 1 aromatic heterocycles. The number of amides is 1. The van der Waals surface area contributed by atoms with E-state index in [1.54, 1.807) is 16.5 Å². The van der Waals surface area contributed by atoms with Gasteiger partial charge < -0.3 is 14.8 Å². The molecule has 1 aliphatic carbocycles. The fraction of sp³-hybridized carbons (Fsp3) is 0.643. The zero-order valence-electron chi connectivity index (χ0n) is 12.1. The van der Waals surface area contributed by atoms with Crippen LogP contribution in [0.3, 0.4) is 0 Å². The van der Waals surface area contributed by atoms with Crippen LogP contribution < -0.4 is 5.32 Å². The Kier molecular flexibility index (Phi) is 3.67. The third kappa shape index (κ3) is 2.92. The Morgan fingerprint density at radius 3 is 2.86 bits per heavy atom. The predicted octanol–water partition coefficient (Wildman–Crippen LogP) is 1.56. The van der Waals surface area contributed by atoms with Crippen LogP contribution >= 0.6 is 0 Å². The minimum Gasteiger partial charge on any atom is -0.339 e. The molecule has 0 bridgehead atoms. The molecule has 7 nitrogen and oxygen atoms in total. The highest BCUT2D eigenvalue weighted by molar-refractivity contribution is 5.93. The van der Waals surface area contributed by atoms with Gasteiger partial charge in [-0.2, -0.15) is 0 Å². The van der Waals surface area contributed by atoms with Crippen molar-refractivity contribution in [2.45, 2.75) is 37.8 Å². The van der Waals surface area contributed by atoms with Gasteiger partial charge in [-0.05, 0) is 32.2 Å². The summed E-state index contributed by atoms with van der Waals surface area (Å²) in [7, 11) is 1.76. The molecular weight excluding hydrogens is 272 g/mol. The third-order valence-corrected chi connectivity index (χ3v) is 4.21. The second kappa shape index (κ2) is 5.48. The zero-order chi connectivity index (χ0) is 15.0. The van der Waals surface area contributed by atoms with Gasteiger partial charge >= 0.3 is 0 Å². The van der Waals surface area contributed by atoms with Gasteiger partial charge in [-0.15, -0.1) is 0 Å². The highest BCUT2D eigenvalue weighted by Crippen LogP contribution is 2.38. The van der Waals surface area contributed by atoms with E-state index in [2.05, 4.69) is 5.32 Å². The van der Waals surface area contributed by atoms with Gasteiger partial charge in [0, 0.05) is 31.7 Å². The molecule has 1 aliphatic heterocycles. The van der Waals surface area contributed by atoms with Crippen molar-refractivity contribution in [1.29, 1.82) is 0 Å². The van der Waals surface area contributed by atoms with Crippen LogP contribution in [0.4, 0.5) is 5.69 Å². The van der Waals surface area contributed by atoms with Crippen LogP contribution in [0.15, 0.2) is 12.3 Å². The molecule has 0 radical (unpaired) electrons.